The molecule has 36 heavy (non-hydrogen) atoms. The minimum absolute atomic E-state index is 0.0272. The zero-order valence-electron chi connectivity index (χ0n) is 19.7. The van der Waals surface area contributed by atoms with Crippen LogP contribution < -0.4 is 15.4 Å². The molecule has 1 heterocycles. The molecule has 6 heteroatoms. The lowest BCUT2D eigenvalue weighted by molar-refractivity contribution is 0.0999. The van der Waals surface area contributed by atoms with Crippen molar-refractivity contribution in [3.63, 3.8) is 0 Å². The van der Waals surface area contributed by atoms with Gasteiger partial charge < -0.3 is 19.8 Å². The van der Waals surface area contributed by atoms with E-state index in [0.29, 0.717) is 40.3 Å². The Morgan fingerprint density at radius 2 is 1.39 bits per heavy atom. The quantitative estimate of drug-likeness (QED) is 0.265. The summed E-state index contributed by atoms with van der Waals surface area (Å²) in [7, 11) is 0. The molecule has 2 amide bonds. The van der Waals surface area contributed by atoms with Crippen LogP contribution in [0.1, 0.15) is 27.8 Å². The molecule has 0 bridgehead atoms. The van der Waals surface area contributed by atoms with E-state index in [0.717, 1.165) is 11.1 Å². The summed E-state index contributed by atoms with van der Waals surface area (Å²) in [4.78, 5) is 26.3. The van der Waals surface area contributed by atoms with Gasteiger partial charge in [-0.1, -0.05) is 54.6 Å². The second-order valence-corrected chi connectivity index (χ2v) is 8.11. The molecule has 1 aromatic heterocycles. The molecule has 0 aliphatic carbocycles. The average Bonchev–Trinajstić information content (AvgIpc) is 3.29. The van der Waals surface area contributed by atoms with Gasteiger partial charge >= 0.3 is 0 Å². The van der Waals surface area contributed by atoms with E-state index < -0.39 is 5.91 Å². The van der Waals surface area contributed by atoms with Crippen LogP contribution in [0.2, 0.25) is 0 Å². The molecule has 178 valence electrons. The van der Waals surface area contributed by atoms with E-state index in [9.17, 15) is 9.59 Å². The number of benzene rings is 4. The summed E-state index contributed by atoms with van der Waals surface area (Å²) in [5.41, 5.74) is 3.96. The molecule has 0 fully saturated rings. The van der Waals surface area contributed by atoms with Crippen molar-refractivity contribution < 1.29 is 18.7 Å². The maximum absolute atomic E-state index is 13.1. The number of carbonyl (C=O) groups excluding carboxylic acids is 2. The topological polar surface area (TPSA) is 80.6 Å². The van der Waals surface area contributed by atoms with Gasteiger partial charge in [0, 0.05) is 16.6 Å². The monoisotopic (exact) mass is 476 g/mol. The van der Waals surface area contributed by atoms with Gasteiger partial charge in [-0.15, -0.1) is 0 Å². The van der Waals surface area contributed by atoms with Crippen molar-refractivity contribution >= 4 is 34.2 Å². The fourth-order valence-electron chi connectivity index (χ4n) is 3.95. The SMILES string of the molecule is CCOc1ccc(NC(=O)c2oc3ccccc3c2NC(=O)c2ccc(-c3ccccc3)cc2)cc1. The minimum atomic E-state index is -0.468. The standard InChI is InChI=1S/C30H24N2O4/c1-2-35-24-18-16-23(17-19-24)31-30(34)28-27(25-10-6-7-11-26(25)36-28)32-29(33)22-14-12-21(13-15-22)20-8-4-3-5-9-20/h3-19H,2H2,1H3,(H,31,34)(H,32,33). The van der Waals surface area contributed by atoms with Gasteiger partial charge in [-0.25, -0.2) is 0 Å². The summed E-state index contributed by atoms with van der Waals surface area (Å²) in [6, 6.07) is 31.5. The molecule has 5 aromatic rings. The third-order valence-electron chi connectivity index (χ3n) is 5.72. The lowest BCUT2D eigenvalue weighted by Gasteiger charge is -2.09. The Morgan fingerprint density at radius 1 is 0.722 bits per heavy atom. The highest BCUT2D eigenvalue weighted by Crippen LogP contribution is 2.32. The predicted molar refractivity (Wildman–Crippen MR) is 142 cm³/mol. The minimum Gasteiger partial charge on any atom is -0.494 e. The van der Waals surface area contributed by atoms with E-state index in [-0.39, 0.29) is 11.7 Å². The average molecular weight is 477 g/mol. The molecule has 6 nitrogen and oxygen atoms in total. The van der Waals surface area contributed by atoms with Crippen LogP contribution >= 0.6 is 0 Å². The molecule has 4 aromatic carbocycles. The number of hydrogen-bond acceptors (Lipinski definition) is 4. The van der Waals surface area contributed by atoms with Crippen LogP contribution in [0.3, 0.4) is 0 Å². The molecule has 0 radical (unpaired) electrons. The number of para-hydroxylation sites is 1. The van der Waals surface area contributed by atoms with Gasteiger partial charge in [-0.3, -0.25) is 9.59 Å². The lowest BCUT2D eigenvalue weighted by Crippen LogP contribution is -2.17. The van der Waals surface area contributed by atoms with E-state index >= 15 is 0 Å². The van der Waals surface area contributed by atoms with Crippen molar-refractivity contribution in [1.29, 1.82) is 0 Å². The summed E-state index contributed by atoms with van der Waals surface area (Å²) in [6.45, 7) is 2.47. The summed E-state index contributed by atoms with van der Waals surface area (Å²) in [5.74, 6) is -0.0637. The first-order valence-electron chi connectivity index (χ1n) is 11.6. The number of nitrogens with one attached hydrogen (secondary N) is 2. The van der Waals surface area contributed by atoms with Crippen molar-refractivity contribution in [3.05, 3.63) is 114 Å². The van der Waals surface area contributed by atoms with Crippen molar-refractivity contribution in [2.45, 2.75) is 6.92 Å². The van der Waals surface area contributed by atoms with Crippen molar-refractivity contribution in [3.8, 4) is 16.9 Å². The van der Waals surface area contributed by atoms with Crippen LogP contribution in [0.15, 0.2) is 108 Å². The summed E-state index contributed by atoms with van der Waals surface area (Å²) < 4.78 is 11.3. The summed E-state index contributed by atoms with van der Waals surface area (Å²) in [6.07, 6.45) is 0. The zero-order valence-corrected chi connectivity index (χ0v) is 19.7. The first-order chi connectivity index (χ1) is 17.6. The molecule has 0 saturated carbocycles. The number of ether oxygens (including phenoxy) is 1. The summed E-state index contributed by atoms with van der Waals surface area (Å²) >= 11 is 0. The Hall–Kier alpha value is -4.84. The Balaban J connectivity index is 1.40. The number of rotatable bonds is 7. The van der Waals surface area contributed by atoms with Crippen LogP contribution in [-0.2, 0) is 0 Å². The largest absolute Gasteiger partial charge is 0.494 e. The first-order valence-corrected chi connectivity index (χ1v) is 11.6. The molecule has 0 spiro atoms. The van der Waals surface area contributed by atoms with E-state index in [1.54, 1.807) is 48.5 Å². The zero-order chi connectivity index (χ0) is 24.9. The molecular weight excluding hydrogens is 452 g/mol. The van der Waals surface area contributed by atoms with Gasteiger partial charge in [-0.05, 0) is 66.6 Å². The third-order valence-corrected chi connectivity index (χ3v) is 5.72. The van der Waals surface area contributed by atoms with E-state index in [1.807, 2.05) is 61.5 Å². The molecule has 5 rings (SSSR count). The van der Waals surface area contributed by atoms with Crippen LogP contribution in [0.25, 0.3) is 22.1 Å². The molecule has 0 aliphatic rings. The van der Waals surface area contributed by atoms with Crippen LogP contribution in [0.5, 0.6) is 5.75 Å². The third kappa shape index (κ3) is 4.83. The second kappa shape index (κ2) is 10.2. The van der Waals surface area contributed by atoms with E-state index in [4.69, 9.17) is 9.15 Å². The van der Waals surface area contributed by atoms with Crippen LogP contribution in [0.4, 0.5) is 11.4 Å². The van der Waals surface area contributed by atoms with Crippen molar-refractivity contribution in [2.75, 3.05) is 17.2 Å². The molecule has 0 aliphatic heterocycles. The highest BCUT2D eigenvalue weighted by molar-refractivity contribution is 6.16. The van der Waals surface area contributed by atoms with Crippen LogP contribution in [-0.4, -0.2) is 18.4 Å². The normalized spacial score (nSPS) is 10.7. The number of furan rings is 1. The van der Waals surface area contributed by atoms with Gasteiger partial charge in [-0.2, -0.15) is 0 Å². The number of hydrogen-bond donors (Lipinski definition) is 2. The van der Waals surface area contributed by atoms with Gasteiger partial charge in [0.1, 0.15) is 17.0 Å². The first kappa shape index (κ1) is 22.9. The molecule has 0 atom stereocenters. The summed E-state index contributed by atoms with van der Waals surface area (Å²) in [5, 5.41) is 6.36. The van der Waals surface area contributed by atoms with Gasteiger partial charge in [0.25, 0.3) is 11.8 Å². The maximum atomic E-state index is 13.1. The molecule has 2 N–H and O–H groups in total. The van der Waals surface area contributed by atoms with Gasteiger partial charge in [0.2, 0.25) is 5.76 Å². The number of anilines is 2. The fourth-order valence-corrected chi connectivity index (χ4v) is 3.95. The van der Waals surface area contributed by atoms with Crippen molar-refractivity contribution in [1.82, 2.24) is 0 Å². The maximum Gasteiger partial charge on any atom is 0.293 e. The van der Waals surface area contributed by atoms with Crippen LogP contribution in [0, 0.1) is 0 Å². The Bertz CT molecular complexity index is 1500. The number of carbonyl (C=O) groups is 2. The fraction of sp³-hybridized carbons (Fsp3) is 0.0667. The van der Waals surface area contributed by atoms with Gasteiger partial charge in [0.15, 0.2) is 0 Å². The Kier molecular flexibility index (Phi) is 6.49. The van der Waals surface area contributed by atoms with Crippen molar-refractivity contribution in [2.24, 2.45) is 0 Å². The Morgan fingerprint density at radius 3 is 2.11 bits per heavy atom. The predicted octanol–water partition coefficient (Wildman–Crippen LogP) is 7.00. The lowest BCUT2D eigenvalue weighted by atomic mass is 10.0. The highest BCUT2D eigenvalue weighted by Gasteiger charge is 2.23. The highest BCUT2D eigenvalue weighted by atomic mass is 16.5. The number of fused-ring (bicyclic) bond motifs is 1. The second-order valence-electron chi connectivity index (χ2n) is 8.11. The van der Waals surface area contributed by atoms with E-state index in [2.05, 4.69) is 10.6 Å². The Labute approximate surface area is 208 Å². The van der Waals surface area contributed by atoms with Gasteiger partial charge in [0.05, 0.1) is 6.61 Å². The molecule has 0 unspecified atom stereocenters. The number of amides is 2. The van der Waals surface area contributed by atoms with E-state index in [1.165, 1.54) is 0 Å². The molecule has 0 saturated heterocycles. The smallest absolute Gasteiger partial charge is 0.293 e. The molecular formula is C30H24N2O4.